The minimum Gasteiger partial charge on any atom is -0.493 e. The van der Waals surface area contributed by atoms with Crippen LogP contribution in [0.4, 0.5) is 0 Å². The fourth-order valence-electron chi connectivity index (χ4n) is 4.31. The lowest BCUT2D eigenvalue weighted by atomic mass is 9.86. The van der Waals surface area contributed by atoms with Crippen molar-refractivity contribution in [2.24, 2.45) is 5.92 Å². The summed E-state index contributed by atoms with van der Waals surface area (Å²) in [4.78, 5) is 15.2. The van der Waals surface area contributed by atoms with Crippen LogP contribution in [0.2, 0.25) is 0 Å². The van der Waals surface area contributed by atoms with Crippen LogP contribution in [0.25, 0.3) is 0 Å². The summed E-state index contributed by atoms with van der Waals surface area (Å²) in [7, 11) is 3.33. The molecule has 0 spiro atoms. The third-order valence-electron chi connectivity index (χ3n) is 5.69. The summed E-state index contributed by atoms with van der Waals surface area (Å²) < 4.78 is 16.8. The number of carbonyl (C=O) groups excluding carboxylic acids is 1. The molecule has 2 aliphatic rings. The van der Waals surface area contributed by atoms with E-state index in [4.69, 9.17) is 14.2 Å². The number of fused-ring (bicyclic) bond motifs is 1. The van der Waals surface area contributed by atoms with Gasteiger partial charge in [-0.2, -0.15) is 0 Å². The SMILES string of the molecule is COc1cc2c(cc1OC)C(CC(C)C)N(C(=O)CC1CCCCO1)CC2. The Balaban J connectivity index is 1.86. The van der Waals surface area contributed by atoms with E-state index in [0.29, 0.717) is 12.3 Å². The molecule has 1 aromatic carbocycles. The first-order chi connectivity index (χ1) is 13.0. The molecule has 2 aliphatic heterocycles. The van der Waals surface area contributed by atoms with E-state index >= 15 is 0 Å². The van der Waals surface area contributed by atoms with Crippen LogP contribution in [0.1, 0.15) is 63.1 Å². The molecular formula is C22H33NO4. The Morgan fingerprint density at radius 2 is 1.96 bits per heavy atom. The average molecular weight is 376 g/mol. The number of rotatable bonds is 6. The minimum absolute atomic E-state index is 0.0813. The van der Waals surface area contributed by atoms with Crippen LogP contribution in [-0.4, -0.2) is 44.3 Å². The smallest absolute Gasteiger partial charge is 0.225 e. The lowest BCUT2D eigenvalue weighted by Crippen LogP contribution is -2.42. The van der Waals surface area contributed by atoms with Gasteiger partial charge in [0.05, 0.1) is 32.8 Å². The van der Waals surface area contributed by atoms with Crippen LogP contribution < -0.4 is 9.47 Å². The van der Waals surface area contributed by atoms with Gasteiger partial charge in [0.25, 0.3) is 0 Å². The maximum Gasteiger partial charge on any atom is 0.225 e. The third kappa shape index (κ3) is 4.57. The number of nitrogens with zero attached hydrogens (tertiary/aromatic N) is 1. The van der Waals surface area contributed by atoms with Gasteiger partial charge >= 0.3 is 0 Å². The van der Waals surface area contributed by atoms with Gasteiger partial charge in [0.2, 0.25) is 5.91 Å². The highest BCUT2D eigenvalue weighted by molar-refractivity contribution is 5.78. The number of carbonyl (C=O) groups is 1. The molecule has 0 aliphatic carbocycles. The number of methoxy groups -OCH3 is 2. The number of hydrogen-bond donors (Lipinski definition) is 0. The van der Waals surface area contributed by atoms with Crippen LogP contribution in [-0.2, 0) is 16.0 Å². The van der Waals surface area contributed by atoms with Crippen LogP contribution in [0.15, 0.2) is 12.1 Å². The molecule has 0 aromatic heterocycles. The Kier molecular flexibility index (Phi) is 6.64. The molecule has 2 atom stereocenters. The van der Waals surface area contributed by atoms with Crippen molar-refractivity contribution in [2.45, 2.75) is 64.5 Å². The Morgan fingerprint density at radius 1 is 1.22 bits per heavy atom. The molecule has 0 N–H and O–H groups in total. The molecule has 2 unspecified atom stereocenters. The molecule has 150 valence electrons. The van der Waals surface area contributed by atoms with Gasteiger partial charge in [-0.25, -0.2) is 0 Å². The summed E-state index contributed by atoms with van der Waals surface area (Å²) in [6, 6.07) is 4.23. The monoisotopic (exact) mass is 375 g/mol. The van der Waals surface area contributed by atoms with Crippen molar-refractivity contribution in [2.75, 3.05) is 27.4 Å². The maximum atomic E-state index is 13.1. The molecule has 1 saturated heterocycles. The Bertz CT molecular complexity index is 652. The molecule has 1 fully saturated rings. The molecule has 27 heavy (non-hydrogen) atoms. The molecular weight excluding hydrogens is 342 g/mol. The van der Waals surface area contributed by atoms with E-state index in [1.54, 1.807) is 14.2 Å². The minimum atomic E-state index is 0.0813. The van der Waals surface area contributed by atoms with E-state index in [0.717, 1.165) is 56.8 Å². The molecule has 1 amide bonds. The van der Waals surface area contributed by atoms with Crippen LogP contribution >= 0.6 is 0 Å². The first-order valence-electron chi connectivity index (χ1n) is 10.2. The van der Waals surface area contributed by atoms with Gasteiger partial charge in [-0.3, -0.25) is 4.79 Å². The average Bonchev–Trinajstić information content (AvgIpc) is 2.67. The van der Waals surface area contributed by atoms with Crippen molar-refractivity contribution < 1.29 is 19.0 Å². The lowest BCUT2D eigenvalue weighted by molar-refractivity contribution is -0.138. The standard InChI is InChI=1S/C22H33NO4/c1-15(2)11-19-18-14-21(26-4)20(25-3)12-16(18)8-9-23(19)22(24)13-17-7-5-6-10-27-17/h12,14-15,17,19H,5-11,13H2,1-4H3. The predicted octanol–water partition coefficient (Wildman–Crippen LogP) is 4.13. The summed E-state index contributed by atoms with van der Waals surface area (Å²) in [5, 5.41) is 0. The Labute approximate surface area is 163 Å². The predicted molar refractivity (Wildman–Crippen MR) is 105 cm³/mol. The molecule has 2 heterocycles. The maximum absolute atomic E-state index is 13.1. The fourth-order valence-corrected chi connectivity index (χ4v) is 4.31. The molecule has 3 rings (SSSR count). The van der Waals surface area contributed by atoms with Gasteiger partial charge in [0, 0.05) is 13.2 Å². The molecule has 0 saturated carbocycles. The summed E-state index contributed by atoms with van der Waals surface area (Å²) >= 11 is 0. The van der Waals surface area contributed by atoms with Gasteiger partial charge in [0.1, 0.15) is 0 Å². The number of hydrogen-bond acceptors (Lipinski definition) is 4. The third-order valence-corrected chi connectivity index (χ3v) is 5.69. The zero-order valence-electron chi connectivity index (χ0n) is 17.1. The van der Waals surface area contributed by atoms with Crippen LogP contribution in [0, 0.1) is 5.92 Å². The van der Waals surface area contributed by atoms with E-state index in [9.17, 15) is 4.79 Å². The number of benzene rings is 1. The highest BCUT2D eigenvalue weighted by Gasteiger charge is 2.33. The van der Waals surface area contributed by atoms with Gasteiger partial charge in [-0.15, -0.1) is 0 Å². The van der Waals surface area contributed by atoms with E-state index in [1.165, 1.54) is 11.1 Å². The van der Waals surface area contributed by atoms with Crippen LogP contribution in [0.5, 0.6) is 11.5 Å². The van der Waals surface area contributed by atoms with Gasteiger partial charge in [-0.1, -0.05) is 13.8 Å². The zero-order valence-corrected chi connectivity index (χ0v) is 17.1. The largest absolute Gasteiger partial charge is 0.493 e. The van der Waals surface area contributed by atoms with Crippen molar-refractivity contribution in [3.8, 4) is 11.5 Å². The van der Waals surface area contributed by atoms with Gasteiger partial charge in [0.15, 0.2) is 11.5 Å². The summed E-state index contributed by atoms with van der Waals surface area (Å²) in [5.41, 5.74) is 2.46. The second kappa shape index (κ2) is 8.96. The van der Waals surface area contributed by atoms with Crippen LogP contribution in [0.3, 0.4) is 0 Å². The van der Waals surface area contributed by atoms with E-state index in [2.05, 4.69) is 30.9 Å². The molecule has 1 aromatic rings. The fraction of sp³-hybridized carbons (Fsp3) is 0.682. The summed E-state index contributed by atoms with van der Waals surface area (Å²) in [5.74, 6) is 2.20. The topological polar surface area (TPSA) is 48.0 Å². The molecule has 5 heteroatoms. The highest BCUT2D eigenvalue weighted by atomic mass is 16.5. The highest BCUT2D eigenvalue weighted by Crippen LogP contribution is 2.41. The van der Waals surface area contributed by atoms with Crippen molar-refractivity contribution >= 4 is 5.91 Å². The van der Waals surface area contributed by atoms with Crippen molar-refractivity contribution in [3.63, 3.8) is 0 Å². The first-order valence-corrected chi connectivity index (χ1v) is 10.2. The molecule has 5 nitrogen and oxygen atoms in total. The first kappa shape index (κ1) is 20.0. The van der Waals surface area contributed by atoms with Gasteiger partial charge in [-0.05, 0) is 61.3 Å². The van der Waals surface area contributed by atoms with Crippen molar-refractivity contribution in [1.82, 2.24) is 4.90 Å². The van der Waals surface area contributed by atoms with Crippen molar-refractivity contribution in [3.05, 3.63) is 23.3 Å². The Hall–Kier alpha value is -1.75. The quantitative estimate of drug-likeness (QED) is 0.750. The second-order valence-corrected chi connectivity index (χ2v) is 8.08. The zero-order chi connectivity index (χ0) is 19.4. The normalized spacial score (nSPS) is 22.5. The summed E-state index contributed by atoms with van der Waals surface area (Å²) in [6.07, 6.45) is 5.64. The van der Waals surface area contributed by atoms with E-state index < -0.39 is 0 Å². The number of ether oxygens (including phenoxy) is 3. The van der Waals surface area contributed by atoms with Gasteiger partial charge < -0.3 is 19.1 Å². The van der Waals surface area contributed by atoms with Crippen molar-refractivity contribution in [1.29, 1.82) is 0 Å². The van der Waals surface area contributed by atoms with E-state index in [-0.39, 0.29) is 18.1 Å². The van der Waals surface area contributed by atoms with E-state index in [1.807, 2.05) is 0 Å². The lowest BCUT2D eigenvalue weighted by Gasteiger charge is -2.39. The Morgan fingerprint density at radius 3 is 2.59 bits per heavy atom. The number of amides is 1. The second-order valence-electron chi connectivity index (χ2n) is 8.08. The molecule has 0 bridgehead atoms. The molecule has 0 radical (unpaired) electrons. The summed E-state index contributed by atoms with van der Waals surface area (Å²) in [6.45, 7) is 5.96.